The molecule has 0 radical (unpaired) electrons. The van der Waals surface area contributed by atoms with Crippen molar-refractivity contribution in [3.05, 3.63) is 40.2 Å². The third-order valence-corrected chi connectivity index (χ3v) is 6.22. The molecule has 0 aliphatic carbocycles. The first kappa shape index (κ1) is 24.3. The van der Waals surface area contributed by atoms with Gasteiger partial charge in [-0.3, -0.25) is 9.59 Å². The third-order valence-electron chi connectivity index (χ3n) is 5.93. The number of rotatable bonds is 5. The zero-order valence-corrected chi connectivity index (χ0v) is 19.8. The molecule has 32 heavy (non-hydrogen) atoms. The topological polar surface area (TPSA) is 67.2 Å². The lowest BCUT2D eigenvalue weighted by atomic mass is 9.77. The molecule has 1 atom stereocenters. The number of nitrogens with zero attached hydrogens (tertiary/aromatic N) is 3. The molecular weight excluding hydrogens is 438 g/mol. The molecule has 0 bridgehead atoms. The Morgan fingerprint density at radius 3 is 2.53 bits per heavy atom. The van der Waals surface area contributed by atoms with Gasteiger partial charge >= 0.3 is 0 Å². The number of imidazole rings is 1. The average molecular weight is 467 g/mol. The second kappa shape index (κ2) is 9.27. The standard InChI is InChI=1S/C23H29ClF2N4O2/c1-23(2,3)14(22(32)27-4)10-19(31)20-18-12-29(5)7-6-8-30(18)21(28-20)13-9-15(24)17(26)11-16(13)25/h9,11,14H,6-8,10,12H2,1-5H3,(H,27,32)/t14-/m1/s1. The molecule has 1 aliphatic heterocycles. The zero-order valence-electron chi connectivity index (χ0n) is 19.1. The van der Waals surface area contributed by atoms with E-state index in [-0.39, 0.29) is 40.2 Å². The van der Waals surface area contributed by atoms with Crippen molar-refractivity contribution in [3.8, 4) is 11.4 Å². The number of carbonyl (C=O) groups excluding carboxylic acids is 2. The van der Waals surface area contributed by atoms with E-state index in [1.165, 1.54) is 6.07 Å². The van der Waals surface area contributed by atoms with Gasteiger partial charge in [-0.1, -0.05) is 32.4 Å². The van der Waals surface area contributed by atoms with Crippen molar-refractivity contribution >= 4 is 23.3 Å². The molecule has 1 aromatic heterocycles. The Morgan fingerprint density at radius 1 is 1.22 bits per heavy atom. The molecular formula is C23H29ClF2N4O2. The molecule has 0 spiro atoms. The number of ketones is 1. The van der Waals surface area contributed by atoms with Gasteiger partial charge < -0.3 is 14.8 Å². The molecule has 3 rings (SSSR count). The second-order valence-corrected chi connectivity index (χ2v) is 9.79. The summed E-state index contributed by atoms with van der Waals surface area (Å²) >= 11 is 5.92. The van der Waals surface area contributed by atoms with E-state index in [4.69, 9.17) is 11.6 Å². The van der Waals surface area contributed by atoms with E-state index < -0.39 is 23.0 Å². The second-order valence-electron chi connectivity index (χ2n) is 9.38. The van der Waals surface area contributed by atoms with Gasteiger partial charge in [-0.25, -0.2) is 13.8 Å². The number of benzene rings is 1. The summed E-state index contributed by atoms with van der Waals surface area (Å²) in [6.45, 7) is 7.49. The number of fused-ring (bicyclic) bond motifs is 1. The highest BCUT2D eigenvalue weighted by atomic mass is 35.5. The van der Waals surface area contributed by atoms with Crippen molar-refractivity contribution in [2.45, 2.75) is 46.7 Å². The predicted octanol–water partition coefficient (Wildman–Crippen LogP) is 4.30. The largest absolute Gasteiger partial charge is 0.359 e. The Balaban J connectivity index is 2.12. The Bertz CT molecular complexity index is 1050. The number of amides is 1. The van der Waals surface area contributed by atoms with Crippen molar-refractivity contribution in [1.82, 2.24) is 19.8 Å². The molecule has 1 N–H and O–H groups in total. The molecule has 0 fully saturated rings. The summed E-state index contributed by atoms with van der Waals surface area (Å²) in [5.41, 5.74) is 0.476. The van der Waals surface area contributed by atoms with E-state index in [0.717, 1.165) is 19.0 Å². The number of halogens is 3. The summed E-state index contributed by atoms with van der Waals surface area (Å²) in [5.74, 6) is -2.47. The molecule has 1 aliphatic rings. The number of hydrogen-bond acceptors (Lipinski definition) is 4. The lowest BCUT2D eigenvalue weighted by Gasteiger charge is -2.28. The normalized spacial score (nSPS) is 15.8. The maximum atomic E-state index is 14.7. The van der Waals surface area contributed by atoms with Crippen LogP contribution in [0.1, 0.15) is 49.8 Å². The van der Waals surface area contributed by atoms with Crippen LogP contribution in [0.15, 0.2) is 12.1 Å². The van der Waals surface area contributed by atoms with Crippen molar-refractivity contribution in [2.75, 3.05) is 20.6 Å². The molecule has 1 aromatic carbocycles. The number of carbonyl (C=O) groups is 2. The first-order chi connectivity index (χ1) is 14.9. The molecule has 2 aromatic rings. The van der Waals surface area contributed by atoms with Crippen LogP contribution in [0.2, 0.25) is 5.02 Å². The first-order valence-corrected chi connectivity index (χ1v) is 11.0. The molecule has 174 valence electrons. The Labute approximate surface area is 191 Å². The van der Waals surface area contributed by atoms with Crippen LogP contribution in [0.5, 0.6) is 0 Å². The fourth-order valence-electron chi connectivity index (χ4n) is 4.09. The maximum absolute atomic E-state index is 14.7. The van der Waals surface area contributed by atoms with E-state index in [1.807, 2.05) is 32.4 Å². The molecule has 2 heterocycles. The van der Waals surface area contributed by atoms with Crippen LogP contribution < -0.4 is 5.32 Å². The minimum absolute atomic E-state index is 0.0248. The minimum Gasteiger partial charge on any atom is -0.359 e. The quantitative estimate of drug-likeness (QED) is 0.527. The van der Waals surface area contributed by atoms with Crippen molar-refractivity contribution in [3.63, 3.8) is 0 Å². The van der Waals surface area contributed by atoms with Crippen molar-refractivity contribution in [1.29, 1.82) is 0 Å². The maximum Gasteiger partial charge on any atom is 0.223 e. The van der Waals surface area contributed by atoms with Crippen LogP contribution in [0.25, 0.3) is 11.4 Å². The van der Waals surface area contributed by atoms with Crippen LogP contribution in [-0.2, 0) is 17.9 Å². The fourth-order valence-corrected chi connectivity index (χ4v) is 4.26. The number of aromatic nitrogens is 2. The highest BCUT2D eigenvalue weighted by Crippen LogP contribution is 2.34. The molecule has 6 nitrogen and oxygen atoms in total. The van der Waals surface area contributed by atoms with Gasteiger partial charge in [0.25, 0.3) is 0 Å². The average Bonchev–Trinajstić information content (AvgIpc) is 2.93. The highest BCUT2D eigenvalue weighted by Gasteiger charge is 2.35. The van der Waals surface area contributed by atoms with E-state index >= 15 is 0 Å². The van der Waals surface area contributed by atoms with E-state index in [0.29, 0.717) is 18.8 Å². The fraction of sp³-hybridized carbons (Fsp3) is 0.522. The lowest BCUT2D eigenvalue weighted by Crippen LogP contribution is -2.37. The molecule has 1 amide bonds. The molecule has 0 saturated heterocycles. The van der Waals surface area contributed by atoms with Crippen LogP contribution in [0.3, 0.4) is 0 Å². The van der Waals surface area contributed by atoms with Crippen LogP contribution in [0, 0.1) is 23.0 Å². The molecule has 0 saturated carbocycles. The van der Waals surface area contributed by atoms with Crippen molar-refractivity contribution in [2.24, 2.45) is 11.3 Å². The lowest BCUT2D eigenvalue weighted by molar-refractivity contribution is -0.127. The van der Waals surface area contributed by atoms with Gasteiger partial charge in [0.2, 0.25) is 5.91 Å². The van der Waals surface area contributed by atoms with E-state index in [2.05, 4.69) is 15.2 Å². The van der Waals surface area contributed by atoms with Crippen LogP contribution >= 0.6 is 11.6 Å². The van der Waals surface area contributed by atoms with E-state index in [9.17, 15) is 18.4 Å². The van der Waals surface area contributed by atoms with Crippen LogP contribution in [-0.4, -0.2) is 46.8 Å². The van der Waals surface area contributed by atoms with E-state index in [1.54, 1.807) is 7.05 Å². The smallest absolute Gasteiger partial charge is 0.223 e. The summed E-state index contributed by atoms with van der Waals surface area (Å²) in [6.07, 6.45) is 0.753. The van der Waals surface area contributed by atoms with Gasteiger partial charge in [0, 0.05) is 32.6 Å². The van der Waals surface area contributed by atoms with Gasteiger partial charge in [0.15, 0.2) is 5.78 Å². The van der Waals surface area contributed by atoms with Gasteiger partial charge in [0.1, 0.15) is 23.2 Å². The zero-order chi connectivity index (χ0) is 23.8. The van der Waals surface area contributed by atoms with Gasteiger partial charge in [-0.05, 0) is 31.5 Å². The van der Waals surface area contributed by atoms with Gasteiger partial charge in [-0.2, -0.15) is 0 Å². The van der Waals surface area contributed by atoms with Gasteiger partial charge in [-0.15, -0.1) is 0 Å². The SMILES string of the molecule is CNC(=O)[C@@H](CC(=O)c1nc(-c2cc(Cl)c(F)cc2F)n2c1CN(C)CCC2)C(C)(C)C. The summed E-state index contributed by atoms with van der Waals surface area (Å²) in [7, 11) is 3.48. The summed E-state index contributed by atoms with van der Waals surface area (Å²) in [4.78, 5) is 32.5. The van der Waals surface area contributed by atoms with Crippen LogP contribution in [0.4, 0.5) is 8.78 Å². The third kappa shape index (κ3) is 4.86. The Kier molecular flexibility index (Phi) is 7.05. The van der Waals surface area contributed by atoms with Crippen molar-refractivity contribution < 1.29 is 18.4 Å². The first-order valence-electron chi connectivity index (χ1n) is 10.6. The molecule has 0 unspecified atom stereocenters. The summed E-state index contributed by atoms with van der Waals surface area (Å²) in [6, 6.07) is 1.93. The number of nitrogens with one attached hydrogen (secondary N) is 1. The summed E-state index contributed by atoms with van der Waals surface area (Å²) < 4.78 is 30.2. The van der Waals surface area contributed by atoms with Gasteiger partial charge in [0.05, 0.1) is 22.2 Å². The monoisotopic (exact) mass is 466 g/mol. The number of Topliss-reactive ketones (excluding diaryl/α,β-unsaturated/α-hetero) is 1. The predicted molar refractivity (Wildman–Crippen MR) is 119 cm³/mol. The number of hydrogen-bond donors (Lipinski definition) is 1. The Hall–Kier alpha value is -2.32. The molecule has 9 heteroatoms. The highest BCUT2D eigenvalue weighted by molar-refractivity contribution is 6.31. The summed E-state index contributed by atoms with van der Waals surface area (Å²) in [5, 5.41) is 2.42. The Morgan fingerprint density at radius 2 is 1.91 bits per heavy atom. The minimum atomic E-state index is -0.856.